The van der Waals surface area contributed by atoms with Crippen molar-refractivity contribution in [2.75, 3.05) is 0 Å². The first-order chi connectivity index (χ1) is 7.70. The summed E-state index contributed by atoms with van der Waals surface area (Å²) in [5.41, 5.74) is 0. The number of nitrogens with zero attached hydrogens (tertiary/aromatic N) is 1. The third-order valence-corrected chi connectivity index (χ3v) is 9.09. The van der Waals surface area contributed by atoms with Crippen LogP contribution in [0.3, 0.4) is 0 Å². The molecule has 1 rings (SSSR count). The molecule has 0 aromatic carbocycles. The number of hydrogen-bond donors (Lipinski definition) is 0. The molecule has 0 saturated heterocycles. The Kier molecular flexibility index (Phi) is 4.09. The molecule has 0 fully saturated rings. The lowest BCUT2D eigenvalue weighted by Crippen LogP contribution is -2.44. The Morgan fingerprint density at radius 1 is 1.47 bits per heavy atom. The van der Waals surface area contributed by atoms with Crippen LogP contribution >= 0.6 is 0 Å². The van der Waals surface area contributed by atoms with Crippen LogP contribution in [0.4, 0.5) is 0 Å². The highest BCUT2D eigenvalue weighted by Crippen LogP contribution is 2.46. The fourth-order valence-corrected chi connectivity index (χ4v) is 4.51. The molecule has 0 unspecified atom stereocenters. The second-order valence-electron chi connectivity index (χ2n) is 6.40. The van der Waals surface area contributed by atoms with E-state index in [1.165, 1.54) is 0 Å². The fourth-order valence-electron chi connectivity index (χ4n) is 2.03. The monoisotopic (exact) mass is 251 g/mol. The van der Waals surface area contributed by atoms with Gasteiger partial charge in [0.25, 0.3) is 8.32 Å². The van der Waals surface area contributed by atoms with Gasteiger partial charge in [0, 0.05) is 6.42 Å². The molecule has 0 heterocycles. The van der Waals surface area contributed by atoms with E-state index in [9.17, 15) is 0 Å². The predicted octanol–water partition coefficient (Wildman–Crippen LogP) is 4.46. The number of hydrogen-bond acceptors (Lipinski definition) is 2. The molecule has 0 N–H and O–H groups in total. The number of allylic oxidation sites excluding steroid dienone is 2. The highest BCUT2D eigenvalue weighted by atomic mass is 28.4. The van der Waals surface area contributed by atoms with Crippen molar-refractivity contribution in [1.29, 1.82) is 5.26 Å². The van der Waals surface area contributed by atoms with E-state index in [-0.39, 0.29) is 11.0 Å². The summed E-state index contributed by atoms with van der Waals surface area (Å²) in [5.74, 6) is 1.73. The van der Waals surface area contributed by atoms with Crippen LogP contribution in [-0.4, -0.2) is 8.32 Å². The third kappa shape index (κ3) is 2.92. The Labute approximate surface area is 107 Å². The lowest BCUT2D eigenvalue weighted by molar-refractivity contribution is 0.331. The van der Waals surface area contributed by atoms with Gasteiger partial charge in [0.15, 0.2) is 0 Å². The van der Waals surface area contributed by atoms with Gasteiger partial charge in [-0.3, -0.25) is 0 Å². The highest BCUT2D eigenvalue weighted by molar-refractivity contribution is 6.74. The van der Waals surface area contributed by atoms with E-state index in [1.54, 1.807) is 0 Å². The minimum atomic E-state index is -1.78. The smallest absolute Gasteiger partial charge is 0.250 e. The molecule has 0 aliphatic heterocycles. The average molecular weight is 251 g/mol. The molecule has 0 bridgehead atoms. The summed E-state index contributed by atoms with van der Waals surface area (Å²) in [6.45, 7) is 13.7. The van der Waals surface area contributed by atoms with Gasteiger partial charge < -0.3 is 4.43 Å². The van der Waals surface area contributed by atoms with Crippen LogP contribution in [0.1, 0.15) is 40.5 Å². The molecule has 0 spiro atoms. The van der Waals surface area contributed by atoms with Crippen molar-refractivity contribution in [2.45, 2.75) is 58.7 Å². The molecule has 0 aromatic heterocycles. The van der Waals surface area contributed by atoms with Crippen LogP contribution in [0.5, 0.6) is 0 Å². The van der Waals surface area contributed by atoms with Crippen molar-refractivity contribution < 1.29 is 4.43 Å². The molecule has 1 atom stereocenters. The summed E-state index contributed by atoms with van der Waals surface area (Å²) >= 11 is 0. The maximum atomic E-state index is 8.89. The minimum Gasteiger partial charge on any atom is -0.547 e. The van der Waals surface area contributed by atoms with Gasteiger partial charge in [-0.05, 0) is 36.5 Å². The molecule has 1 aliphatic carbocycles. The van der Waals surface area contributed by atoms with Gasteiger partial charge >= 0.3 is 0 Å². The Hall–Kier alpha value is -0.753. The summed E-state index contributed by atoms with van der Waals surface area (Å²) in [7, 11) is -1.78. The zero-order chi connectivity index (χ0) is 13.3. The first-order valence-electron chi connectivity index (χ1n) is 6.50. The Morgan fingerprint density at radius 3 is 2.47 bits per heavy atom. The first kappa shape index (κ1) is 14.3. The summed E-state index contributed by atoms with van der Waals surface area (Å²) in [6, 6.07) is 2.30. The van der Waals surface area contributed by atoms with E-state index in [0.29, 0.717) is 5.92 Å². The summed E-state index contributed by atoms with van der Waals surface area (Å²) in [5, 5.41) is 9.13. The Morgan fingerprint density at radius 2 is 2.06 bits per heavy atom. The van der Waals surface area contributed by atoms with E-state index in [1.807, 2.05) is 6.08 Å². The molecule has 2 nitrogen and oxygen atoms in total. The molecule has 0 saturated carbocycles. The standard InChI is InChI=1S/C14H25NOSi/c1-11(2)14(3,4)17(5,6)16-13-8-7-12(9-13)10-15/h9,11-12H,7-8H2,1-6H3/t12-/m1/s1. The second kappa shape index (κ2) is 4.86. The molecular formula is C14H25NOSi. The SMILES string of the molecule is CC(C)C(C)(C)[Si](C)(C)OC1=C[C@H](C#N)CC1. The highest BCUT2D eigenvalue weighted by Gasteiger charge is 2.45. The zero-order valence-corrected chi connectivity index (χ0v) is 13.0. The summed E-state index contributed by atoms with van der Waals surface area (Å²) in [6.07, 6.45) is 3.88. The molecule has 0 aromatic rings. The maximum absolute atomic E-state index is 8.89. The van der Waals surface area contributed by atoms with Gasteiger partial charge in [-0.25, -0.2) is 0 Å². The van der Waals surface area contributed by atoms with Crippen molar-refractivity contribution >= 4 is 8.32 Å². The molecule has 3 heteroatoms. The zero-order valence-electron chi connectivity index (χ0n) is 12.0. The first-order valence-corrected chi connectivity index (χ1v) is 9.41. The molecule has 0 amide bonds. The largest absolute Gasteiger partial charge is 0.547 e. The average Bonchev–Trinajstić information content (AvgIpc) is 2.64. The second-order valence-corrected chi connectivity index (χ2v) is 10.9. The summed E-state index contributed by atoms with van der Waals surface area (Å²) < 4.78 is 6.31. The molecule has 17 heavy (non-hydrogen) atoms. The van der Waals surface area contributed by atoms with E-state index in [0.717, 1.165) is 18.6 Å². The van der Waals surface area contributed by atoms with Gasteiger partial charge in [-0.15, -0.1) is 0 Å². The van der Waals surface area contributed by atoms with E-state index >= 15 is 0 Å². The lowest BCUT2D eigenvalue weighted by atomic mass is 9.99. The fraction of sp³-hybridized carbons (Fsp3) is 0.786. The third-order valence-electron chi connectivity index (χ3n) is 4.64. The van der Waals surface area contributed by atoms with Crippen LogP contribution in [-0.2, 0) is 4.43 Å². The topological polar surface area (TPSA) is 33.0 Å². The summed E-state index contributed by atoms with van der Waals surface area (Å²) in [4.78, 5) is 0. The van der Waals surface area contributed by atoms with Crippen molar-refractivity contribution in [3.63, 3.8) is 0 Å². The van der Waals surface area contributed by atoms with Crippen LogP contribution in [0.25, 0.3) is 0 Å². The normalized spacial score (nSPS) is 21.3. The molecule has 96 valence electrons. The van der Waals surface area contributed by atoms with Crippen LogP contribution in [0.2, 0.25) is 18.1 Å². The van der Waals surface area contributed by atoms with Crippen molar-refractivity contribution in [1.82, 2.24) is 0 Å². The van der Waals surface area contributed by atoms with Crippen molar-refractivity contribution in [3.05, 3.63) is 11.8 Å². The van der Waals surface area contributed by atoms with Crippen molar-refractivity contribution in [2.24, 2.45) is 11.8 Å². The number of rotatable bonds is 4. The maximum Gasteiger partial charge on any atom is 0.250 e. The van der Waals surface area contributed by atoms with Gasteiger partial charge in [0.2, 0.25) is 0 Å². The quantitative estimate of drug-likeness (QED) is 0.691. The van der Waals surface area contributed by atoms with Gasteiger partial charge in [0.1, 0.15) is 0 Å². The number of nitriles is 1. The minimum absolute atomic E-state index is 0.0666. The van der Waals surface area contributed by atoms with E-state index in [4.69, 9.17) is 9.69 Å². The molecular weight excluding hydrogens is 226 g/mol. The molecule has 0 radical (unpaired) electrons. The molecule has 1 aliphatic rings. The van der Waals surface area contributed by atoms with Gasteiger partial charge in [-0.1, -0.05) is 27.7 Å². The van der Waals surface area contributed by atoms with E-state index < -0.39 is 8.32 Å². The Bertz CT molecular complexity index is 350. The van der Waals surface area contributed by atoms with Crippen LogP contribution < -0.4 is 0 Å². The Balaban J connectivity index is 2.78. The van der Waals surface area contributed by atoms with Gasteiger partial charge in [-0.2, -0.15) is 5.26 Å². The van der Waals surface area contributed by atoms with Crippen LogP contribution in [0, 0.1) is 23.2 Å². The predicted molar refractivity (Wildman–Crippen MR) is 73.9 cm³/mol. The van der Waals surface area contributed by atoms with E-state index in [2.05, 4.69) is 46.9 Å². The van der Waals surface area contributed by atoms with Gasteiger partial charge in [0.05, 0.1) is 17.7 Å². The van der Waals surface area contributed by atoms with Crippen molar-refractivity contribution in [3.8, 4) is 6.07 Å². The lowest BCUT2D eigenvalue weighted by Gasteiger charge is -2.42. The van der Waals surface area contributed by atoms with Crippen LogP contribution in [0.15, 0.2) is 11.8 Å².